The third kappa shape index (κ3) is 4.11. The minimum atomic E-state index is 0. The Bertz CT molecular complexity index is 247. The van der Waals surface area contributed by atoms with Crippen LogP contribution in [0.25, 0.3) is 0 Å². The molecule has 0 spiro atoms. The zero-order chi connectivity index (χ0) is 9.68. The number of nitrogens with two attached hydrogens (primary N) is 1. The molecule has 1 aromatic rings. The number of aromatic amines is 1. The van der Waals surface area contributed by atoms with Gasteiger partial charge in [-0.2, -0.15) is 0 Å². The lowest BCUT2D eigenvalue weighted by Gasteiger charge is -2.07. The molecule has 3 N–H and O–H groups in total. The van der Waals surface area contributed by atoms with Gasteiger partial charge in [-0.1, -0.05) is 13.3 Å². The second kappa shape index (κ2) is 6.85. The van der Waals surface area contributed by atoms with Gasteiger partial charge in [0, 0.05) is 6.04 Å². The van der Waals surface area contributed by atoms with Crippen LogP contribution in [0, 0.1) is 0 Å². The standard InChI is InChI=1S/C10H19N3.ClH/c1-3-4-9(11)5-6-10-12-7-8-13(10)2;/h7-9H,3-6,11H2,1-2H3;1H. The van der Waals surface area contributed by atoms with Gasteiger partial charge < -0.3 is 18.1 Å². The van der Waals surface area contributed by atoms with E-state index in [0.29, 0.717) is 6.04 Å². The normalized spacial score (nSPS) is 12.2. The van der Waals surface area contributed by atoms with E-state index >= 15 is 0 Å². The SMILES string of the molecule is CCCC(N)CCc1[nH]cc[n+]1C.[Cl-]. The molecule has 0 radical (unpaired) electrons. The lowest BCUT2D eigenvalue weighted by atomic mass is 10.1. The van der Waals surface area contributed by atoms with Crippen LogP contribution < -0.4 is 22.7 Å². The van der Waals surface area contributed by atoms with Crippen molar-refractivity contribution in [2.45, 2.75) is 38.6 Å². The molecule has 1 atom stereocenters. The summed E-state index contributed by atoms with van der Waals surface area (Å²) >= 11 is 0. The van der Waals surface area contributed by atoms with Crippen LogP contribution in [-0.4, -0.2) is 11.0 Å². The molecule has 0 aliphatic carbocycles. The number of aryl methyl sites for hydroxylation is 2. The van der Waals surface area contributed by atoms with E-state index in [0.717, 1.165) is 19.3 Å². The minimum Gasteiger partial charge on any atom is -1.00 e. The molecule has 14 heavy (non-hydrogen) atoms. The monoisotopic (exact) mass is 217 g/mol. The van der Waals surface area contributed by atoms with Crippen molar-refractivity contribution in [3.05, 3.63) is 18.2 Å². The number of halogens is 1. The molecular weight excluding hydrogens is 198 g/mol. The molecule has 1 rings (SSSR count). The maximum absolute atomic E-state index is 5.93. The summed E-state index contributed by atoms with van der Waals surface area (Å²) in [5, 5.41) is 0. The summed E-state index contributed by atoms with van der Waals surface area (Å²) in [4.78, 5) is 3.21. The van der Waals surface area contributed by atoms with Gasteiger partial charge in [-0.3, -0.25) is 0 Å². The van der Waals surface area contributed by atoms with E-state index in [1.165, 1.54) is 12.2 Å². The average Bonchev–Trinajstić information content (AvgIpc) is 2.48. The van der Waals surface area contributed by atoms with E-state index < -0.39 is 0 Å². The van der Waals surface area contributed by atoms with Crippen LogP contribution in [0.5, 0.6) is 0 Å². The predicted molar refractivity (Wildman–Crippen MR) is 53.2 cm³/mol. The molecule has 0 bridgehead atoms. The van der Waals surface area contributed by atoms with Crippen molar-refractivity contribution in [3.63, 3.8) is 0 Å². The number of H-pyrrole nitrogens is 1. The van der Waals surface area contributed by atoms with Gasteiger partial charge in [0.2, 0.25) is 0 Å². The topological polar surface area (TPSA) is 45.7 Å². The quantitative estimate of drug-likeness (QED) is 0.546. The first-order chi connectivity index (χ1) is 6.24. The molecule has 1 unspecified atom stereocenters. The molecule has 0 aliphatic heterocycles. The second-order valence-corrected chi connectivity index (χ2v) is 3.61. The van der Waals surface area contributed by atoms with Gasteiger partial charge in [-0.25, -0.2) is 9.55 Å². The number of hydrogen-bond acceptors (Lipinski definition) is 1. The van der Waals surface area contributed by atoms with Crippen LogP contribution in [0.2, 0.25) is 0 Å². The zero-order valence-corrected chi connectivity index (χ0v) is 9.72. The van der Waals surface area contributed by atoms with Crippen molar-refractivity contribution in [1.29, 1.82) is 0 Å². The minimum absolute atomic E-state index is 0. The lowest BCUT2D eigenvalue weighted by molar-refractivity contribution is -0.677. The van der Waals surface area contributed by atoms with E-state index in [-0.39, 0.29) is 12.4 Å². The summed E-state index contributed by atoms with van der Waals surface area (Å²) in [5.41, 5.74) is 5.93. The van der Waals surface area contributed by atoms with Gasteiger partial charge in [0.05, 0.1) is 13.5 Å². The summed E-state index contributed by atoms with van der Waals surface area (Å²) < 4.78 is 2.11. The maximum atomic E-state index is 5.93. The first-order valence-electron chi connectivity index (χ1n) is 5.01. The Labute approximate surface area is 92.1 Å². The molecule has 4 heteroatoms. The molecule has 82 valence electrons. The lowest BCUT2D eigenvalue weighted by Crippen LogP contribution is -3.00. The Morgan fingerprint density at radius 3 is 2.71 bits per heavy atom. The number of nitrogens with one attached hydrogen (secondary N) is 1. The molecular formula is C10H20ClN3. The summed E-state index contributed by atoms with van der Waals surface area (Å²) in [6.07, 6.45) is 8.41. The number of rotatable bonds is 5. The summed E-state index contributed by atoms with van der Waals surface area (Å²) in [7, 11) is 2.05. The predicted octanol–water partition coefficient (Wildman–Crippen LogP) is -2.10. The van der Waals surface area contributed by atoms with Crippen molar-refractivity contribution in [2.75, 3.05) is 0 Å². The van der Waals surface area contributed by atoms with Gasteiger partial charge in [-0.15, -0.1) is 0 Å². The molecule has 0 saturated heterocycles. The van der Waals surface area contributed by atoms with Gasteiger partial charge in [0.15, 0.2) is 0 Å². The van der Waals surface area contributed by atoms with Crippen LogP contribution >= 0.6 is 0 Å². The molecule has 1 heterocycles. The van der Waals surface area contributed by atoms with Gasteiger partial charge in [0.1, 0.15) is 12.4 Å². The number of nitrogens with zero attached hydrogens (tertiary/aromatic N) is 1. The van der Waals surface area contributed by atoms with E-state index in [1.54, 1.807) is 0 Å². The first-order valence-corrected chi connectivity index (χ1v) is 5.01. The first kappa shape index (κ1) is 13.5. The van der Waals surface area contributed by atoms with E-state index in [4.69, 9.17) is 5.73 Å². The van der Waals surface area contributed by atoms with Crippen molar-refractivity contribution >= 4 is 0 Å². The maximum Gasteiger partial charge on any atom is 0.254 e. The smallest absolute Gasteiger partial charge is 0.254 e. The van der Waals surface area contributed by atoms with Crippen LogP contribution in [-0.2, 0) is 13.5 Å². The average molecular weight is 218 g/mol. The highest BCUT2D eigenvalue weighted by Crippen LogP contribution is 2.01. The fraction of sp³-hybridized carbons (Fsp3) is 0.700. The van der Waals surface area contributed by atoms with Gasteiger partial charge in [0.25, 0.3) is 5.82 Å². The van der Waals surface area contributed by atoms with Crippen molar-refractivity contribution < 1.29 is 17.0 Å². The highest BCUT2D eigenvalue weighted by atomic mass is 35.5. The van der Waals surface area contributed by atoms with Crippen LogP contribution in [0.15, 0.2) is 12.4 Å². The molecule has 0 aliphatic rings. The Morgan fingerprint density at radius 2 is 2.21 bits per heavy atom. The van der Waals surface area contributed by atoms with Crippen molar-refractivity contribution in [1.82, 2.24) is 4.98 Å². The Morgan fingerprint density at radius 1 is 1.50 bits per heavy atom. The molecule has 0 saturated carbocycles. The highest BCUT2D eigenvalue weighted by molar-refractivity contribution is 4.79. The third-order valence-electron chi connectivity index (χ3n) is 2.39. The summed E-state index contributed by atoms with van der Waals surface area (Å²) in [5.74, 6) is 1.26. The number of hydrogen-bond donors (Lipinski definition) is 2. The van der Waals surface area contributed by atoms with Gasteiger partial charge in [-0.05, 0) is 12.8 Å². The van der Waals surface area contributed by atoms with E-state index in [1.807, 2.05) is 12.4 Å². The number of imidazole rings is 1. The Balaban J connectivity index is 0.00000169. The van der Waals surface area contributed by atoms with E-state index in [2.05, 4.69) is 23.5 Å². The Kier molecular flexibility index (Phi) is 6.58. The summed E-state index contributed by atoms with van der Waals surface area (Å²) in [6.45, 7) is 2.18. The van der Waals surface area contributed by atoms with Crippen molar-refractivity contribution in [3.8, 4) is 0 Å². The summed E-state index contributed by atoms with van der Waals surface area (Å²) in [6, 6.07) is 0.355. The van der Waals surface area contributed by atoms with E-state index in [9.17, 15) is 0 Å². The molecule has 0 aromatic carbocycles. The van der Waals surface area contributed by atoms with Crippen LogP contribution in [0.3, 0.4) is 0 Å². The Hall–Kier alpha value is -0.540. The fourth-order valence-corrected chi connectivity index (χ4v) is 1.52. The number of aromatic nitrogens is 2. The van der Waals surface area contributed by atoms with Crippen LogP contribution in [0.1, 0.15) is 32.0 Å². The van der Waals surface area contributed by atoms with Crippen LogP contribution in [0.4, 0.5) is 0 Å². The van der Waals surface area contributed by atoms with Crippen molar-refractivity contribution in [2.24, 2.45) is 12.8 Å². The molecule has 0 fully saturated rings. The molecule has 3 nitrogen and oxygen atoms in total. The second-order valence-electron chi connectivity index (χ2n) is 3.61. The fourth-order valence-electron chi connectivity index (χ4n) is 1.52. The molecule has 1 aromatic heterocycles. The molecule has 0 amide bonds. The zero-order valence-electron chi connectivity index (χ0n) is 8.96. The van der Waals surface area contributed by atoms with Gasteiger partial charge >= 0.3 is 0 Å². The third-order valence-corrected chi connectivity index (χ3v) is 2.39. The highest BCUT2D eigenvalue weighted by Gasteiger charge is 2.08. The largest absolute Gasteiger partial charge is 1.00 e.